The summed E-state index contributed by atoms with van der Waals surface area (Å²) < 4.78 is 5.64. The van der Waals surface area contributed by atoms with Crippen LogP contribution in [0.15, 0.2) is 10.9 Å². The number of nitrogens with one attached hydrogen (secondary N) is 1. The number of H-pyrrole nitrogens is 1. The van der Waals surface area contributed by atoms with Crippen molar-refractivity contribution in [1.29, 1.82) is 0 Å². The van der Waals surface area contributed by atoms with Crippen LogP contribution in [0.4, 0.5) is 0 Å². The molecule has 0 bridgehead atoms. The number of hydrogen-bond acceptors (Lipinski definition) is 3. The number of ether oxygens (including phenoxy) is 1. The van der Waals surface area contributed by atoms with E-state index in [2.05, 4.69) is 9.97 Å². The fraction of sp³-hybridized carbons (Fsp3) is 0.667. The minimum Gasteiger partial charge on any atom is -0.370 e. The van der Waals surface area contributed by atoms with Crippen LogP contribution in [0, 0.1) is 6.92 Å². The lowest BCUT2D eigenvalue weighted by atomic mass is 9.84. The van der Waals surface area contributed by atoms with Gasteiger partial charge in [-0.2, -0.15) is 0 Å². The van der Waals surface area contributed by atoms with Gasteiger partial charge < -0.3 is 9.72 Å². The second-order valence-corrected chi connectivity index (χ2v) is 4.49. The lowest BCUT2D eigenvalue weighted by Crippen LogP contribution is -2.35. The molecule has 4 heteroatoms. The fourth-order valence-corrected chi connectivity index (χ4v) is 2.46. The van der Waals surface area contributed by atoms with Crippen LogP contribution in [-0.2, 0) is 10.3 Å². The lowest BCUT2D eigenvalue weighted by Gasteiger charge is -2.34. The van der Waals surface area contributed by atoms with Crippen LogP contribution in [0.25, 0.3) is 0 Å². The van der Waals surface area contributed by atoms with Gasteiger partial charge in [-0.15, -0.1) is 0 Å². The molecule has 1 aromatic heterocycles. The minimum atomic E-state index is -0.372. The van der Waals surface area contributed by atoms with Crippen molar-refractivity contribution in [2.45, 2.75) is 44.6 Å². The molecule has 0 aliphatic heterocycles. The van der Waals surface area contributed by atoms with Crippen LogP contribution in [0.3, 0.4) is 0 Å². The summed E-state index contributed by atoms with van der Waals surface area (Å²) in [5.41, 5.74) is 0.286. The molecule has 0 aromatic carbocycles. The summed E-state index contributed by atoms with van der Waals surface area (Å²) in [5.74, 6) is 0.694. The van der Waals surface area contributed by atoms with Gasteiger partial charge in [0.2, 0.25) is 0 Å². The molecule has 1 heterocycles. The highest BCUT2D eigenvalue weighted by Gasteiger charge is 2.36. The van der Waals surface area contributed by atoms with Crippen molar-refractivity contribution in [3.05, 3.63) is 27.9 Å². The first-order chi connectivity index (χ1) is 7.66. The highest BCUT2D eigenvalue weighted by Crippen LogP contribution is 2.37. The molecule has 1 N–H and O–H groups in total. The van der Waals surface area contributed by atoms with Crippen molar-refractivity contribution in [2.75, 3.05) is 7.11 Å². The Balaban J connectivity index is 2.42. The number of aryl methyl sites for hydroxylation is 1. The number of aromatic nitrogens is 2. The van der Waals surface area contributed by atoms with Crippen LogP contribution in [0.2, 0.25) is 0 Å². The maximum absolute atomic E-state index is 11.5. The van der Waals surface area contributed by atoms with Gasteiger partial charge in [0.05, 0.1) is 0 Å². The summed E-state index contributed by atoms with van der Waals surface area (Å²) in [4.78, 5) is 18.7. The second kappa shape index (κ2) is 4.37. The third-order valence-corrected chi connectivity index (χ3v) is 3.35. The summed E-state index contributed by atoms with van der Waals surface area (Å²) in [5, 5.41) is 0. The van der Waals surface area contributed by atoms with Crippen LogP contribution in [-0.4, -0.2) is 17.1 Å². The van der Waals surface area contributed by atoms with E-state index in [0.29, 0.717) is 5.82 Å². The lowest BCUT2D eigenvalue weighted by molar-refractivity contribution is -0.0517. The van der Waals surface area contributed by atoms with Crippen LogP contribution >= 0.6 is 0 Å². The molecule has 4 nitrogen and oxygen atoms in total. The van der Waals surface area contributed by atoms with Gasteiger partial charge in [-0.1, -0.05) is 19.3 Å². The van der Waals surface area contributed by atoms with Crippen LogP contribution < -0.4 is 5.56 Å². The number of methoxy groups -OCH3 is 1. The molecule has 0 unspecified atom stereocenters. The van der Waals surface area contributed by atoms with Crippen molar-refractivity contribution < 1.29 is 4.74 Å². The van der Waals surface area contributed by atoms with Gasteiger partial charge in [-0.05, 0) is 19.8 Å². The minimum absolute atomic E-state index is 0.0931. The molecule has 1 aromatic rings. The van der Waals surface area contributed by atoms with Crippen molar-refractivity contribution in [3.8, 4) is 0 Å². The molecule has 88 valence electrons. The Kier molecular flexibility index (Phi) is 3.10. The Bertz CT molecular complexity index is 419. The molecule has 0 spiro atoms. The van der Waals surface area contributed by atoms with Gasteiger partial charge in [-0.3, -0.25) is 4.79 Å². The molecule has 1 aliphatic rings. The van der Waals surface area contributed by atoms with Crippen molar-refractivity contribution in [1.82, 2.24) is 9.97 Å². The zero-order valence-corrected chi connectivity index (χ0v) is 9.88. The summed E-state index contributed by atoms with van der Waals surface area (Å²) in [6, 6.07) is 1.51. The van der Waals surface area contributed by atoms with Gasteiger partial charge in [0.1, 0.15) is 11.4 Å². The zero-order chi connectivity index (χ0) is 11.6. The van der Waals surface area contributed by atoms with Crippen molar-refractivity contribution >= 4 is 0 Å². The SMILES string of the molecule is COC1(c2nc(C)cc(=O)[nH]2)CCCCC1. The Morgan fingerprint density at radius 1 is 1.38 bits per heavy atom. The average Bonchev–Trinajstić information content (AvgIpc) is 2.28. The van der Waals surface area contributed by atoms with Crippen molar-refractivity contribution in [3.63, 3.8) is 0 Å². The molecular weight excluding hydrogens is 204 g/mol. The van der Waals surface area contributed by atoms with Gasteiger partial charge in [0, 0.05) is 18.9 Å². The molecule has 0 atom stereocenters. The number of nitrogens with zero attached hydrogens (tertiary/aromatic N) is 1. The number of aromatic amines is 1. The maximum atomic E-state index is 11.5. The van der Waals surface area contributed by atoms with Crippen LogP contribution in [0.5, 0.6) is 0 Å². The van der Waals surface area contributed by atoms with Crippen molar-refractivity contribution in [2.24, 2.45) is 0 Å². The van der Waals surface area contributed by atoms with E-state index in [9.17, 15) is 4.79 Å². The summed E-state index contributed by atoms with van der Waals surface area (Å²) in [6.07, 6.45) is 5.38. The third-order valence-electron chi connectivity index (χ3n) is 3.35. The van der Waals surface area contributed by atoms with E-state index in [1.54, 1.807) is 7.11 Å². The van der Waals surface area contributed by atoms with Gasteiger partial charge in [0.25, 0.3) is 5.56 Å². The molecule has 0 amide bonds. The Morgan fingerprint density at radius 2 is 2.06 bits per heavy atom. The van der Waals surface area contributed by atoms with E-state index in [0.717, 1.165) is 31.4 Å². The normalized spacial score (nSPS) is 19.6. The molecule has 0 saturated heterocycles. The Labute approximate surface area is 95.1 Å². The molecular formula is C12H18N2O2. The Hall–Kier alpha value is -1.16. The molecule has 1 fully saturated rings. The van der Waals surface area contributed by atoms with Gasteiger partial charge in [-0.25, -0.2) is 4.98 Å². The molecule has 16 heavy (non-hydrogen) atoms. The summed E-state index contributed by atoms with van der Waals surface area (Å²) >= 11 is 0. The topological polar surface area (TPSA) is 55.0 Å². The monoisotopic (exact) mass is 222 g/mol. The Morgan fingerprint density at radius 3 is 2.62 bits per heavy atom. The number of hydrogen-bond donors (Lipinski definition) is 1. The van der Waals surface area contributed by atoms with Gasteiger partial charge >= 0.3 is 0 Å². The molecule has 0 radical (unpaired) electrons. The molecule has 1 aliphatic carbocycles. The molecule has 2 rings (SSSR count). The largest absolute Gasteiger partial charge is 0.370 e. The predicted molar refractivity (Wildman–Crippen MR) is 61.4 cm³/mol. The van der Waals surface area contributed by atoms with E-state index in [1.807, 2.05) is 6.92 Å². The van der Waals surface area contributed by atoms with Gasteiger partial charge in [0.15, 0.2) is 0 Å². The quantitative estimate of drug-likeness (QED) is 0.831. The maximum Gasteiger partial charge on any atom is 0.251 e. The third kappa shape index (κ3) is 2.02. The van der Waals surface area contributed by atoms with E-state index in [4.69, 9.17) is 4.74 Å². The first kappa shape index (κ1) is 11.3. The predicted octanol–water partition coefficient (Wildman–Crippen LogP) is 1.88. The van der Waals surface area contributed by atoms with E-state index < -0.39 is 0 Å². The summed E-state index contributed by atoms with van der Waals surface area (Å²) in [7, 11) is 1.70. The first-order valence-corrected chi connectivity index (χ1v) is 5.80. The van der Waals surface area contributed by atoms with E-state index >= 15 is 0 Å². The standard InChI is InChI=1S/C12H18N2O2/c1-9-8-10(15)14-11(13-9)12(16-2)6-4-3-5-7-12/h8H,3-7H2,1-2H3,(H,13,14,15). The molecule has 1 saturated carbocycles. The van der Waals surface area contributed by atoms with E-state index in [-0.39, 0.29) is 11.2 Å². The average molecular weight is 222 g/mol. The smallest absolute Gasteiger partial charge is 0.251 e. The summed E-state index contributed by atoms with van der Waals surface area (Å²) in [6.45, 7) is 1.84. The highest BCUT2D eigenvalue weighted by molar-refractivity contribution is 5.08. The van der Waals surface area contributed by atoms with Crippen LogP contribution in [0.1, 0.15) is 43.6 Å². The second-order valence-electron chi connectivity index (χ2n) is 4.49. The van der Waals surface area contributed by atoms with E-state index in [1.165, 1.54) is 12.5 Å². The zero-order valence-electron chi connectivity index (χ0n) is 9.88. The fourth-order valence-electron chi connectivity index (χ4n) is 2.46. The number of rotatable bonds is 2. The first-order valence-electron chi connectivity index (χ1n) is 5.80. The highest BCUT2D eigenvalue weighted by atomic mass is 16.5.